The molecule has 0 bridgehead atoms. The van der Waals surface area contributed by atoms with E-state index in [1.165, 1.54) is 28.4 Å². The molecule has 7 nitrogen and oxygen atoms in total. The summed E-state index contributed by atoms with van der Waals surface area (Å²) in [7, 11) is 5.54. The molecule has 0 aromatic carbocycles. The topological polar surface area (TPSA) is 68.6 Å². The van der Waals surface area contributed by atoms with Crippen LogP contribution in [0.3, 0.4) is 0 Å². The van der Waals surface area contributed by atoms with Crippen LogP contribution in [0, 0.1) is 0 Å². The lowest BCUT2D eigenvalue weighted by molar-refractivity contribution is -0.126. The Morgan fingerprint density at radius 1 is 1.35 bits per heavy atom. The first-order valence-electron chi connectivity index (χ1n) is 7.11. The average Bonchev–Trinajstić information content (AvgIpc) is 2.91. The summed E-state index contributed by atoms with van der Waals surface area (Å²) >= 11 is 2.76. The maximum atomic E-state index is 12.5. The SMILES string of the molecule is C=C(C)CN1C(=O)C(CN(C)C)S/C1=N/N=C1/SCC(=O)N1C. The fourth-order valence-corrected chi connectivity index (χ4v) is 4.12. The van der Waals surface area contributed by atoms with E-state index in [2.05, 4.69) is 16.8 Å². The third-order valence-corrected chi connectivity index (χ3v) is 5.34. The van der Waals surface area contributed by atoms with Crippen LogP contribution in [0.25, 0.3) is 0 Å². The summed E-state index contributed by atoms with van der Waals surface area (Å²) < 4.78 is 0. The van der Waals surface area contributed by atoms with Crippen LogP contribution in [-0.4, -0.2) is 82.1 Å². The fraction of sp³-hybridized carbons (Fsp3) is 0.571. The smallest absolute Gasteiger partial charge is 0.243 e. The number of amidine groups is 2. The van der Waals surface area contributed by atoms with Crippen molar-refractivity contribution < 1.29 is 9.59 Å². The van der Waals surface area contributed by atoms with Crippen molar-refractivity contribution in [3.63, 3.8) is 0 Å². The van der Waals surface area contributed by atoms with Gasteiger partial charge in [0.1, 0.15) is 5.25 Å². The molecule has 0 spiro atoms. The largest absolute Gasteiger partial charge is 0.308 e. The third kappa shape index (κ3) is 4.36. The number of hydrogen-bond acceptors (Lipinski definition) is 7. The van der Waals surface area contributed by atoms with Crippen LogP contribution in [0.4, 0.5) is 0 Å². The van der Waals surface area contributed by atoms with Crippen molar-refractivity contribution in [1.82, 2.24) is 14.7 Å². The van der Waals surface area contributed by atoms with Crippen molar-refractivity contribution in [2.24, 2.45) is 10.2 Å². The van der Waals surface area contributed by atoms with Gasteiger partial charge in [0.15, 0.2) is 10.3 Å². The van der Waals surface area contributed by atoms with Gasteiger partial charge < -0.3 is 4.90 Å². The molecule has 2 amide bonds. The van der Waals surface area contributed by atoms with E-state index < -0.39 is 0 Å². The molecule has 2 rings (SSSR count). The molecule has 0 aliphatic carbocycles. The van der Waals surface area contributed by atoms with Crippen LogP contribution < -0.4 is 0 Å². The van der Waals surface area contributed by atoms with E-state index in [0.29, 0.717) is 29.2 Å². The van der Waals surface area contributed by atoms with Crippen LogP contribution in [0.1, 0.15) is 6.92 Å². The molecule has 2 fully saturated rings. The van der Waals surface area contributed by atoms with Crippen molar-refractivity contribution in [2.75, 3.05) is 40.0 Å². The predicted octanol–water partition coefficient (Wildman–Crippen LogP) is 0.900. The van der Waals surface area contributed by atoms with Crippen molar-refractivity contribution in [3.05, 3.63) is 12.2 Å². The first-order chi connectivity index (χ1) is 10.8. The number of rotatable bonds is 5. The van der Waals surface area contributed by atoms with E-state index in [9.17, 15) is 9.59 Å². The normalized spacial score (nSPS) is 25.5. The van der Waals surface area contributed by atoms with E-state index in [1.54, 1.807) is 11.9 Å². The zero-order valence-corrected chi connectivity index (χ0v) is 15.4. The van der Waals surface area contributed by atoms with Gasteiger partial charge in [0.2, 0.25) is 11.8 Å². The van der Waals surface area contributed by atoms with E-state index in [0.717, 1.165) is 5.57 Å². The summed E-state index contributed by atoms with van der Waals surface area (Å²) in [5, 5.41) is 9.31. The van der Waals surface area contributed by atoms with Gasteiger partial charge in [0.25, 0.3) is 0 Å². The standard InChI is InChI=1S/C14H21N5O2S2/c1-9(2)6-19-12(21)10(7-17(3)4)23-14(19)16-15-13-18(5)11(20)8-22-13/h10H,1,6-8H2,2-5H3/b15-13+,16-14+. The Hall–Kier alpha value is -1.32. The summed E-state index contributed by atoms with van der Waals surface area (Å²) in [5.74, 6) is 0.410. The number of nitrogens with zero attached hydrogens (tertiary/aromatic N) is 5. The Balaban J connectivity index is 2.21. The molecular formula is C14H21N5O2S2. The zero-order valence-electron chi connectivity index (χ0n) is 13.8. The minimum Gasteiger partial charge on any atom is -0.308 e. The van der Waals surface area contributed by atoms with Crippen molar-refractivity contribution >= 4 is 45.7 Å². The first kappa shape index (κ1) is 18.0. The lowest BCUT2D eigenvalue weighted by Crippen LogP contribution is -2.36. The van der Waals surface area contributed by atoms with E-state index in [1.807, 2.05) is 25.9 Å². The predicted molar refractivity (Wildman–Crippen MR) is 96.6 cm³/mol. The molecule has 2 aliphatic rings. The van der Waals surface area contributed by atoms with Crippen molar-refractivity contribution in [3.8, 4) is 0 Å². The van der Waals surface area contributed by atoms with Gasteiger partial charge in [-0.2, -0.15) is 0 Å². The Morgan fingerprint density at radius 2 is 2.00 bits per heavy atom. The van der Waals surface area contributed by atoms with Crippen LogP contribution in [0.2, 0.25) is 0 Å². The Bertz CT molecular complexity index is 588. The van der Waals surface area contributed by atoms with E-state index >= 15 is 0 Å². The molecule has 23 heavy (non-hydrogen) atoms. The van der Waals surface area contributed by atoms with Gasteiger partial charge >= 0.3 is 0 Å². The minimum atomic E-state index is -0.195. The van der Waals surface area contributed by atoms with Crippen LogP contribution in [0.5, 0.6) is 0 Å². The molecular weight excluding hydrogens is 334 g/mol. The second-order valence-corrected chi connectivity index (χ2v) is 7.87. The van der Waals surface area contributed by atoms with Crippen LogP contribution >= 0.6 is 23.5 Å². The highest BCUT2D eigenvalue weighted by molar-refractivity contribution is 8.15. The molecule has 1 unspecified atom stereocenters. The highest BCUT2D eigenvalue weighted by Gasteiger charge is 2.38. The minimum absolute atomic E-state index is 0.00776. The molecule has 0 radical (unpaired) electrons. The van der Waals surface area contributed by atoms with Gasteiger partial charge in [-0.05, 0) is 21.0 Å². The molecule has 126 valence electrons. The zero-order chi connectivity index (χ0) is 17.1. The first-order valence-corrected chi connectivity index (χ1v) is 8.98. The van der Waals surface area contributed by atoms with Gasteiger partial charge in [-0.1, -0.05) is 35.7 Å². The maximum absolute atomic E-state index is 12.5. The van der Waals surface area contributed by atoms with Gasteiger partial charge in [0, 0.05) is 20.1 Å². The quantitative estimate of drug-likeness (QED) is 0.541. The molecule has 0 N–H and O–H groups in total. The number of hydrogen-bond donors (Lipinski definition) is 0. The number of amides is 2. The van der Waals surface area contributed by atoms with Gasteiger partial charge in [0.05, 0.1) is 5.75 Å². The highest BCUT2D eigenvalue weighted by Crippen LogP contribution is 2.29. The van der Waals surface area contributed by atoms with Crippen LogP contribution in [0.15, 0.2) is 22.4 Å². The molecule has 2 saturated heterocycles. The Morgan fingerprint density at radius 3 is 2.52 bits per heavy atom. The molecule has 2 heterocycles. The number of carbonyl (C=O) groups is 2. The van der Waals surface area contributed by atoms with Crippen LogP contribution in [-0.2, 0) is 9.59 Å². The molecule has 0 aromatic heterocycles. The third-order valence-electron chi connectivity index (χ3n) is 3.19. The van der Waals surface area contributed by atoms with Crippen molar-refractivity contribution in [1.29, 1.82) is 0 Å². The second-order valence-electron chi connectivity index (χ2n) is 5.76. The summed E-state index contributed by atoms with van der Waals surface area (Å²) in [5.41, 5.74) is 0.882. The molecule has 0 saturated carbocycles. The lowest BCUT2D eigenvalue weighted by Gasteiger charge is -2.16. The monoisotopic (exact) mass is 355 g/mol. The molecule has 1 atom stereocenters. The molecule has 0 aromatic rings. The summed E-state index contributed by atoms with van der Waals surface area (Å²) in [6.07, 6.45) is 0. The number of thioether (sulfide) groups is 2. The molecule has 2 aliphatic heterocycles. The average molecular weight is 355 g/mol. The van der Waals surface area contributed by atoms with Gasteiger partial charge in [-0.25, -0.2) is 0 Å². The number of carbonyl (C=O) groups excluding carboxylic acids is 2. The second kappa shape index (κ2) is 7.50. The van der Waals surface area contributed by atoms with E-state index in [4.69, 9.17) is 0 Å². The summed E-state index contributed by atoms with van der Waals surface area (Å²) in [6.45, 7) is 6.82. The highest BCUT2D eigenvalue weighted by atomic mass is 32.2. The lowest BCUT2D eigenvalue weighted by atomic mass is 10.3. The summed E-state index contributed by atoms with van der Waals surface area (Å²) in [4.78, 5) is 29.1. The molecule has 9 heteroatoms. The van der Waals surface area contributed by atoms with Gasteiger partial charge in [-0.15, -0.1) is 10.2 Å². The van der Waals surface area contributed by atoms with E-state index in [-0.39, 0.29) is 17.1 Å². The Kier molecular flexibility index (Phi) is 5.88. The van der Waals surface area contributed by atoms with Crippen molar-refractivity contribution in [2.45, 2.75) is 12.2 Å². The summed E-state index contributed by atoms with van der Waals surface area (Å²) in [6, 6.07) is 0. The van der Waals surface area contributed by atoms with Gasteiger partial charge in [-0.3, -0.25) is 19.4 Å². The maximum Gasteiger partial charge on any atom is 0.243 e. The Labute approximate surface area is 144 Å². The fourth-order valence-electron chi connectivity index (χ4n) is 2.06.